The van der Waals surface area contributed by atoms with Crippen LogP contribution >= 0.6 is 12.6 Å². The summed E-state index contributed by atoms with van der Waals surface area (Å²) in [5, 5.41) is 12.2. The molecule has 9 heteroatoms. The first-order chi connectivity index (χ1) is 15.6. The average molecular weight is 462 g/mol. The van der Waals surface area contributed by atoms with E-state index in [2.05, 4.69) is 22.0 Å². The molecule has 4 rings (SSSR count). The van der Waals surface area contributed by atoms with Gasteiger partial charge in [-0.2, -0.15) is 12.6 Å². The number of benzene rings is 1. The molecule has 0 radical (unpaired) electrons. The molecule has 0 bridgehead atoms. The summed E-state index contributed by atoms with van der Waals surface area (Å²) in [5.74, 6) is 1.71. The summed E-state index contributed by atoms with van der Waals surface area (Å²) in [7, 11) is 0. The number of amides is 1. The second-order valence-corrected chi connectivity index (χ2v) is 8.14. The van der Waals surface area contributed by atoms with Crippen LogP contribution in [0.3, 0.4) is 0 Å². The van der Waals surface area contributed by atoms with Crippen molar-refractivity contribution in [3.05, 3.63) is 36.0 Å². The number of rotatable bonds is 7. The van der Waals surface area contributed by atoms with Crippen LogP contribution in [0.2, 0.25) is 0 Å². The SMILES string of the molecule is CC.NC=O.OCCCNc1ccc(-c2nc(N3CCOCC3)cc(C3(S)CC3)n2)cc1. The monoisotopic (exact) mass is 461 g/mol. The first-order valence-electron chi connectivity index (χ1n) is 11.1. The molecule has 2 heterocycles. The van der Waals surface area contributed by atoms with Gasteiger partial charge in [-0.3, -0.25) is 4.79 Å². The third-order valence-electron chi connectivity index (χ3n) is 5.06. The topological polar surface area (TPSA) is 114 Å². The highest BCUT2D eigenvalue weighted by atomic mass is 32.1. The quantitative estimate of drug-likeness (QED) is 0.285. The number of aromatic nitrogens is 2. The summed E-state index contributed by atoms with van der Waals surface area (Å²) in [4.78, 5) is 20.5. The molecule has 0 atom stereocenters. The second kappa shape index (κ2) is 13.2. The van der Waals surface area contributed by atoms with Crippen LogP contribution in [0.5, 0.6) is 0 Å². The molecule has 176 valence electrons. The van der Waals surface area contributed by atoms with Gasteiger partial charge in [0.1, 0.15) is 5.82 Å². The van der Waals surface area contributed by atoms with E-state index < -0.39 is 0 Å². The van der Waals surface area contributed by atoms with E-state index >= 15 is 0 Å². The average Bonchev–Trinajstić information content (AvgIpc) is 3.60. The van der Waals surface area contributed by atoms with E-state index in [1.807, 2.05) is 38.1 Å². The summed E-state index contributed by atoms with van der Waals surface area (Å²) in [5.41, 5.74) is 7.21. The fraction of sp³-hybridized carbons (Fsp3) is 0.522. The number of aliphatic hydroxyl groups excluding tert-OH is 1. The van der Waals surface area contributed by atoms with E-state index in [4.69, 9.17) is 37.2 Å². The lowest BCUT2D eigenvalue weighted by molar-refractivity contribution is -0.106. The first kappa shape index (κ1) is 25.9. The Hall–Kier alpha value is -2.36. The maximum atomic E-state index is 8.89. The number of hydrogen-bond acceptors (Lipinski definition) is 8. The Kier molecular flexibility index (Phi) is 10.7. The molecular weight excluding hydrogens is 426 g/mol. The minimum atomic E-state index is -0.107. The molecule has 32 heavy (non-hydrogen) atoms. The highest BCUT2D eigenvalue weighted by molar-refractivity contribution is 7.81. The zero-order valence-corrected chi connectivity index (χ0v) is 19.9. The highest BCUT2D eigenvalue weighted by Gasteiger charge is 2.42. The molecular formula is C23H35N5O3S. The molecule has 2 aliphatic rings. The van der Waals surface area contributed by atoms with Crippen molar-refractivity contribution >= 4 is 30.5 Å². The second-order valence-electron chi connectivity index (χ2n) is 7.28. The summed E-state index contributed by atoms with van der Waals surface area (Å²) in [6.45, 7) is 8.11. The molecule has 8 nitrogen and oxygen atoms in total. The van der Waals surface area contributed by atoms with Gasteiger partial charge in [-0.1, -0.05) is 13.8 Å². The van der Waals surface area contributed by atoms with Crippen molar-refractivity contribution in [1.82, 2.24) is 9.97 Å². The summed E-state index contributed by atoms with van der Waals surface area (Å²) in [6.07, 6.45) is 3.10. The van der Waals surface area contributed by atoms with Gasteiger partial charge in [0.2, 0.25) is 6.41 Å². The Morgan fingerprint density at radius 2 is 1.84 bits per heavy atom. The van der Waals surface area contributed by atoms with Crippen molar-refractivity contribution in [1.29, 1.82) is 0 Å². The van der Waals surface area contributed by atoms with Gasteiger partial charge in [0.25, 0.3) is 0 Å². The molecule has 0 unspecified atom stereocenters. The Balaban J connectivity index is 0.000000671. The largest absolute Gasteiger partial charge is 0.396 e. The number of carbonyl (C=O) groups is 1. The van der Waals surface area contributed by atoms with Crippen molar-refractivity contribution < 1.29 is 14.6 Å². The molecule has 1 amide bonds. The predicted octanol–water partition coefficient (Wildman–Crippen LogP) is 2.82. The number of morpholine rings is 1. The number of nitrogens with one attached hydrogen (secondary N) is 1. The standard InChI is InChI=1S/C20H26N4O2S.C2H6.CH3NO/c25-11-1-8-21-16-4-2-15(3-5-16)19-22-17(20(27)6-7-20)14-18(23-19)24-9-12-26-13-10-24;1-2;2-1-3/h2-5,14,21,25,27H,1,6-13H2;1-2H3;1H,(H2,2,3). The van der Waals surface area contributed by atoms with E-state index in [0.29, 0.717) is 0 Å². The number of nitrogens with zero attached hydrogens (tertiary/aromatic N) is 3. The zero-order chi connectivity index (χ0) is 23.4. The molecule has 2 aromatic rings. The van der Waals surface area contributed by atoms with E-state index in [9.17, 15) is 0 Å². The number of primary amides is 1. The normalized spacial score (nSPS) is 16.1. The van der Waals surface area contributed by atoms with Gasteiger partial charge >= 0.3 is 0 Å². The van der Waals surface area contributed by atoms with Crippen molar-refractivity contribution in [2.24, 2.45) is 5.73 Å². The third-order valence-corrected chi connectivity index (χ3v) is 5.73. The van der Waals surface area contributed by atoms with Crippen LogP contribution < -0.4 is 16.0 Å². The Morgan fingerprint density at radius 1 is 1.22 bits per heavy atom. The third kappa shape index (κ3) is 7.36. The lowest BCUT2D eigenvalue weighted by Gasteiger charge is -2.28. The maximum Gasteiger partial charge on any atom is 0.204 e. The molecule has 4 N–H and O–H groups in total. The van der Waals surface area contributed by atoms with Crippen LogP contribution in [-0.4, -0.2) is 60.9 Å². The van der Waals surface area contributed by atoms with Gasteiger partial charge < -0.3 is 25.8 Å². The molecule has 1 saturated carbocycles. The number of nitrogens with two attached hydrogens (primary N) is 1. The van der Waals surface area contributed by atoms with Crippen molar-refractivity contribution in [3.8, 4) is 11.4 Å². The fourth-order valence-corrected chi connectivity index (χ4v) is 3.41. The van der Waals surface area contributed by atoms with Crippen molar-refractivity contribution in [2.45, 2.75) is 37.9 Å². The summed E-state index contributed by atoms with van der Waals surface area (Å²) >= 11 is 4.83. The van der Waals surface area contributed by atoms with Crippen molar-refractivity contribution in [3.63, 3.8) is 0 Å². The predicted molar refractivity (Wildman–Crippen MR) is 132 cm³/mol. The van der Waals surface area contributed by atoms with Gasteiger partial charge in [-0.15, -0.1) is 0 Å². The minimum Gasteiger partial charge on any atom is -0.396 e. The van der Waals surface area contributed by atoms with E-state index in [-0.39, 0.29) is 17.8 Å². The smallest absolute Gasteiger partial charge is 0.204 e. The number of hydrogen-bond donors (Lipinski definition) is 4. The number of anilines is 2. The van der Waals surface area contributed by atoms with Gasteiger partial charge in [0.15, 0.2) is 5.82 Å². The zero-order valence-electron chi connectivity index (χ0n) is 19.0. The number of ether oxygens (including phenoxy) is 1. The highest BCUT2D eigenvalue weighted by Crippen LogP contribution is 2.51. The Bertz CT molecular complexity index is 825. The van der Waals surface area contributed by atoms with Gasteiger partial charge in [0, 0.05) is 43.6 Å². The van der Waals surface area contributed by atoms with Crippen molar-refractivity contribution in [2.75, 3.05) is 49.7 Å². The lowest BCUT2D eigenvalue weighted by Crippen LogP contribution is -2.37. The molecule has 0 spiro atoms. The summed E-state index contributed by atoms with van der Waals surface area (Å²) in [6, 6.07) is 10.2. The lowest BCUT2D eigenvalue weighted by atomic mass is 10.1. The van der Waals surface area contributed by atoms with Gasteiger partial charge in [-0.25, -0.2) is 9.97 Å². The molecule has 1 aromatic heterocycles. The maximum absolute atomic E-state index is 8.89. The van der Waals surface area contributed by atoms with Crippen LogP contribution in [0.1, 0.15) is 38.8 Å². The van der Waals surface area contributed by atoms with Gasteiger partial charge in [0.05, 0.1) is 23.7 Å². The first-order valence-corrected chi connectivity index (χ1v) is 11.6. The Labute approximate surface area is 196 Å². The molecule has 2 fully saturated rings. The van der Waals surface area contributed by atoms with E-state index in [1.165, 1.54) is 0 Å². The van der Waals surface area contributed by atoms with Crippen LogP contribution in [0.4, 0.5) is 11.5 Å². The van der Waals surface area contributed by atoms with E-state index in [1.54, 1.807) is 0 Å². The Morgan fingerprint density at radius 3 is 2.41 bits per heavy atom. The molecule has 1 aliphatic heterocycles. The summed E-state index contributed by atoms with van der Waals surface area (Å²) < 4.78 is 5.37. The number of thiol groups is 1. The van der Waals surface area contributed by atoms with E-state index in [0.717, 1.165) is 80.7 Å². The molecule has 1 saturated heterocycles. The van der Waals surface area contributed by atoms with Crippen LogP contribution in [-0.2, 0) is 14.3 Å². The van der Waals surface area contributed by atoms with Crippen LogP contribution in [0.25, 0.3) is 11.4 Å². The van der Waals surface area contributed by atoms with Crippen LogP contribution in [0.15, 0.2) is 30.3 Å². The molecule has 1 aliphatic carbocycles. The fourth-order valence-electron chi connectivity index (χ4n) is 3.18. The molecule has 1 aromatic carbocycles. The van der Waals surface area contributed by atoms with Gasteiger partial charge in [-0.05, 0) is 43.5 Å². The minimum absolute atomic E-state index is 0.107. The number of carbonyl (C=O) groups excluding carboxylic acids is 1. The van der Waals surface area contributed by atoms with Crippen LogP contribution in [0, 0.1) is 0 Å². The number of aliphatic hydroxyl groups is 1.